The van der Waals surface area contributed by atoms with Crippen LogP contribution in [0.5, 0.6) is 5.75 Å². The van der Waals surface area contributed by atoms with Gasteiger partial charge in [0.05, 0.1) is 24.6 Å². The third-order valence-electron chi connectivity index (χ3n) is 3.57. The molecule has 3 rings (SSSR count). The summed E-state index contributed by atoms with van der Waals surface area (Å²) in [6.45, 7) is 0. The van der Waals surface area contributed by atoms with E-state index in [0.29, 0.717) is 22.1 Å². The lowest BCUT2D eigenvalue weighted by Gasteiger charge is -2.12. The monoisotopic (exact) mass is 370 g/mol. The van der Waals surface area contributed by atoms with Crippen LogP contribution in [0.3, 0.4) is 0 Å². The van der Waals surface area contributed by atoms with Gasteiger partial charge in [-0.05, 0) is 54.6 Å². The third-order valence-corrected chi connectivity index (χ3v) is 3.80. The molecule has 26 heavy (non-hydrogen) atoms. The molecule has 132 valence electrons. The highest BCUT2D eigenvalue weighted by molar-refractivity contribution is 6.31. The standard InChI is InChI=1S/C19H15ClN2O4/c1-25-14-7-5-13(6-8-14)21-18(23)15-11-12(20)4-9-16(15)22-19(24)17-3-2-10-26-17/h2-11H,1H3,(H,21,23)(H,22,24). The Morgan fingerprint density at radius 2 is 1.77 bits per heavy atom. The summed E-state index contributed by atoms with van der Waals surface area (Å²) >= 11 is 6.01. The van der Waals surface area contributed by atoms with Gasteiger partial charge in [-0.3, -0.25) is 9.59 Å². The highest BCUT2D eigenvalue weighted by atomic mass is 35.5. The van der Waals surface area contributed by atoms with Crippen molar-refractivity contribution in [1.82, 2.24) is 0 Å². The van der Waals surface area contributed by atoms with Crippen LogP contribution in [-0.4, -0.2) is 18.9 Å². The molecule has 0 spiro atoms. The van der Waals surface area contributed by atoms with E-state index >= 15 is 0 Å². The van der Waals surface area contributed by atoms with Gasteiger partial charge in [-0.15, -0.1) is 0 Å². The summed E-state index contributed by atoms with van der Waals surface area (Å²) in [5, 5.41) is 5.79. The molecule has 7 heteroatoms. The molecule has 0 bridgehead atoms. The maximum absolute atomic E-state index is 12.6. The van der Waals surface area contributed by atoms with Crippen molar-refractivity contribution in [3.05, 3.63) is 77.2 Å². The quantitative estimate of drug-likeness (QED) is 0.695. The first-order valence-corrected chi connectivity index (χ1v) is 8.04. The number of benzene rings is 2. The largest absolute Gasteiger partial charge is 0.497 e. The second-order valence-corrected chi connectivity index (χ2v) is 5.74. The molecule has 6 nitrogen and oxygen atoms in total. The summed E-state index contributed by atoms with van der Waals surface area (Å²) < 4.78 is 10.1. The first-order valence-electron chi connectivity index (χ1n) is 7.66. The van der Waals surface area contributed by atoms with Gasteiger partial charge in [0.1, 0.15) is 5.75 Å². The van der Waals surface area contributed by atoms with Crippen molar-refractivity contribution in [2.45, 2.75) is 0 Å². The topological polar surface area (TPSA) is 80.6 Å². The van der Waals surface area contributed by atoms with Crippen LogP contribution in [-0.2, 0) is 0 Å². The summed E-state index contributed by atoms with van der Waals surface area (Å²) in [6, 6.07) is 14.6. The molecule has 1 heterocycles. The number of carbonyl (C=O) groups is 2. The number of hydrogen-bond acceptors (Lipinski definition) is 4. The van der Waals surface area contributed by atoms with E-state index < -0.39 is 11.8 Å². The van der Waals surface area contributed by atoms with E-state index in [9.17, 15) is 9.59 Å². The molecular formula is C19H15ClN2O4. The van der Waals surface area contributed by atoms with Gasteiger partial charge in [-0.2, -0.15) is 0 Å². The summed E-state index contributed by atoms with van der Waals surface area (Å²) in [6.07, 6.45) is 1.40. The van der Waals surface area contributed by atoms with Crippen molar-refractivity contribution in [2.24, 2.45) is 0 Å². The Balaban J connectivity index is 1.82. The number of nitrogens with one attached hydrogen (secondary N) is 2. The molecule has 0 atom stereocenters. The molecule has 1 aromatic heterocycles. The molecule has 0 saturated heterocycles. The van der Waals surface area contributed by atoms with Crippen LogP contribution in [0.15, 0.2) is 65.3 Å². The number of furan rings is 1. The second kappa shape index (κ2) is 7.76. The van der Waals surface area contributed by atoms with Crippen LogP contribution in [0.2, 0.25) is 5.02 Å². The molecule has 2 N–H and O–H groups in total. The summed E-state index contributed by atoms with van der Waals surface area (Å²) in [4.78, 5) is 24.8. The molecule has 0 fully saturated rings. The van der Waals surface area contributed by atoms with E-state index in [1.165, 1.54) is 18.4 Å². The Morgan fingerprint density at radius 1 is 1.00 bits per heavy atom. The van der Waals surface area contributed by atoms with E-state index in [1.807, 2.05) is 0 Å². The van der Waals surface area contributed by atoms with Crippen LogP contribution in [0.1, 0.15) is 20.9 Å². The molecule has 0 aliphatic heterocycles. The van der Waals surface area contributed by atoms with Crippen molar-refractivity contribution >= 4 is 34.8 Å². The van der Waals surface area contributed by atoms with Crippen LogP contribution in [0, 0.1) is 0 Å². The molecule has 2 aromatic carbocycles. The lowest BCUT2D eigenvalue weighted by atomic mass is 10.1. The van der Waals surface area contributed by atoms with Gasteiger partial charge >= 0.3 is 0 Å². The van der Waals surface area contributed by atoms with Gasteiger partial charge in [0, 0.05) is 10.7 Å². The van der Waals surface area contributed by atoms with Gasteiger partial charge < -0.3 is 19.8 Å². The minimum Gasteiger partial charge on any atom is -0.497 e. The average Bonchev–Trinajstić information content (AvgIpc) is 3.18. The predicted octanol–water partition coefficient (Wildman–Crippen LogP) is 4.45. The van der Waals surface area contributed by atoms with Crippen LogP contribution < -0.4 is 15.4 Å². The number of hydrogen-bond donors (Lipinski definition) is 2. The van der Waals surface area contributed by atoms with Crippen LogP contribution >= 0.6 is 11.6 Å². The summed E-state index contributed by atoms with van der Waals surface area (Å²) in [5.41, 5.74) is 1.13. The lowest BCUT2D eigenvalue weighted by molar-refractivity contribution is 0.0996. The maximum atomic E-state index is 12.6. The SMILES string of the molecule is COc1ccc(NC(=O)c2cc(Cl)ccc2NC(=O)c2ccco2)cc1. The fourth-order valence-electron chi connectivity index (χ4n) is 2.28. The Kier molecular flexibility index (Phi) is 5.24. The normalized spacial score (nSPS) is 10.2. The lowest BCUT2D eigenvalue weighted by Crippen LogP contribution is -2.18. The van der Waals surface area contributed by atoms with Gasteiger partial charge in [0.15, 0.2) is 5.76 Å². The zero-order chi connectivity index (χ0) is 18.5. The Morgan fingerprint density at radius 3 is 2.42 bits per heavy atom. The Bertz CT molecular complexity index is 921. The van der Waals surface area contributed by atoms with Crippen molar-refractivity contribution < 1.29 is 18.7 Å². The van der Waals surface area contributed by atoms with E-state index in [1.54, 1.807) is 49.6 Å². The first-order chi connectivity index (χ1) is 12.6. The smallest absolute Gasteiger partial charge is 0.291 e. The number of halogens is 1. The van der Waals surface area contributed by atoms with Crippen molar-refractivity contribution in [3.8, 4) is 5.75 Å². The van der Waals surface area contributed by atoms with Crippen LogP contribution in [0.4, 0.5) is 11.4 Å². The number of methoxy groups -OCH3 is 1. The average molecular weight is 371 g/mol. The van der Waals surface area contributed by atoms with Gasteiger partial charge in [0.25, 0.3) is 11.8 Å². The zero-order valence-corrected chi connectivity index (χ0v) is 14.5. The Labute approximate surface area is 154 Å². The fourth-order valence-corrected chi connectivity index (χ4v) is 2.45. The van der Waals surface area contributed by atoms with Crippen molar-refractivity contribution in [1.29, 1.82) is 0 Å². The van der Waals surface area contributed by atoms with E-state index in [4.69, 9.17) is 20.8 Å². The minimum atomic E-state index is -0.462. The van der Waals surface area contributed by atoms with Crippen molar-refractivity contribution in [3.63, 3.8) is 0 Å². The molecule has 0 saturated carbocycles. The van der Waals surface area contributed by atoms with Crippen LogP contribution in [0.25, 0.3) is 0 Å². The summed E-state index contributed by atoms with van der Waals surface area (Å²) in [5.74, 6) is -0.0538. The maximum Gasteiger partial charge on any atom is 0.291 e. The van der Waals surface area contributed by atoms with Crippen molar-refractivity contribution in [2.75, 3.05) is 17.7 Å². The van der Waals surface area contributed by atoms with E-state index in [2.05, 4.69) is 10.6 Å². The number of anilines is 2. The zero-order valence-electron chi connectivity index (χ0n) is 13.8. The van der Waals surface area contributed by atoms with E-state index in [-0.39, 0.29) is 11.3 Å². The second-order valence-electron chi connectivity index (χ2n) is 5.30. The molecule has 0 aliphatic carbocycles. The third kappa shape index (κ3) is 4.04. The highest BCUT2D eigenvalue weighted by Gasteiger charge is 2.16. The molecule has 0 aliphatic rings. The number of rotatable bonds is 5. The van der Waals surface area contributed by atoms with Gasteiger partial charge in [-0.25, -0.2) is 0 Å². The summed E-state index contributed by atoms with van der Waals surface area (Å²) in [7, 11) is 1.56. The molecule has 2 amide bonds. The Hall–Kier alpha value is -3.25. The molecule has 0 unspecified atom stereocenters. The molecular weight excluding hydrogens is 356 g/mol. The van der Waals surface area contributed by atoms with Gasteiger partial charge in [0.2, 0.25) is 0 Å². The first kappa shape index (κ1) is 17.6. The number of amides is 2. The number of ether oxygens (including phenoxy) is 1. The van der Waals surface area contributed by atoms with Gasteiger partial charge in [-0.1, -0.05) is 11.6 Å². The number of carbonyl (C=O) groups excluding carboxylic acids is 2. The predicted molar refractivity (Wildman–Crippen MR) is 99.1 cm³/mol. The highest BCUT2D eigenvalue weighted by Crippen LogP contribution is 2.23. The van der Waals surface area contributed by atoms with E-state index in [0.717, 1.165) is 0 Å². The minimum absolute atomic E-state index is 0.140. The fraction of sp³-hybridized carbons (Fsp3) is 0.0526. The molecule has 3 aromatic rings. The molecule has 0 radical (unpaired) electrons.